The van der Waals surface area contributed by atoms with E-state index >= 15 is 0 Å². The van der Waals surface area contributed by atoms with Crippen LogP contribution in [0.2, 0.25) is 0 Å². The lowest BCUT2D eigenvalue weighted by atomic mass is 9.98. The highest BCUT2D eigenvalue weighted by Crippen LogP contribution is 2.25. The summed E-state index contributed by atoms with van der Waals surface area (Å²) in [7, 11) is 2.12. The van der Waals surface area contributed by atoms with Gasteiger partial charge < -0.3 is 19.5 Å². The van der Waals surface area contributed by atoms with Crippen molar-refractivity contribution in [3.63, 3.8) is 0 Å². The molecule has 2 aromatic carbocycles. The molecule has 0 saturated carbocycles. The SMILES string of the molecule is CCNC(=NCc1ccccc1-c1ccc(Cn2ccnc2)cc1)N(C)CC1CCOC1.I. The Hall–Kier alpha value is -2.39. The Morgan fingerprint density at radius 2 is 2.03 bits per heavy atom. The molecule has 1 saturated heterocycles. The topological polar surface area (TPSA) is 54.7 Å². The summed E-state index contributed by atoms with van der Waals surface area (Å²) in [5.41, 5.74) is 4.93. The Labute approximate surface area is 214 Å². The smallest absolute Gasteiger partial charge is 0.193 e. The molecule has 0 amide bonds. The third-order valence-electron chi connectivity index (χ3n) is 5.86. The van der Waals surface area contributed by atoms with Gasteiger partial charge in [0.15, 0.2) is 5.96 Å². The van der Waals surface area contributed by atoms with Gasteiger partial charge >= 0.3 is 0 Å². The molecule has 0 bridgehead atoms. The second-order valence-electron chi connectivity index (χ2n) is 8.37. The number of halogens is 1. The number of imidazole rings is 1. The van der Waals surface area contributed by atoms with Crippen LogP contribution in [0.25, 0.3) is 11.1 Å². The molecule has 1 fully saturated rings. The average molecular weight is 559 g/mol. The Bertz CT molecular complexity index is 998. The second kappa shape index (κ2) is 12.7. The fourth-order valence-electron chi connectivity index (χ4n) is 4.15. The molecule has 1 atom stereocenters. The standard InChI is InChI=1S/C26H33N5O.HI/c1-3-28-26(30(2)17-22-12-15-32-19-22)29-16-24-6-4-5-7-25(24)23-10-8-21(9-11-23)18-31-14-13-27-20-31;/h4-11,13-14,20,22H,3,12,15-19H2,1-2H3,(H,28,29);1H. The van der Waals surface area contributed by atoms with E-state index in [2.05, 4.69) is 82.3 Å². The van der Waals surface area contributed by atoms with Crippen LogP contribution in [-0.4, -0.2) is 53.8 Å². The van der Waals surface area contributed by atoms with E-state index in [-0.39, 0.29) is 24.0 Å². The van der Waals surface area contributed by atoms with Crippen molar-refractivity contribution >= 4 is 29.9 Å². The van der Waals surface area contributed by atoms with Gasteiger partial charge in [0.25, 0.3) is 0 Å². The van der Waals surface area contributed by atoms with Gasteiger partial charge in [-0.25, -0.2) is 9.98 Å². The molecule has 1 aliphatic rings. The zero-order valence-corrected chi connectivity index (χ0v) is 21.8. The highest BCUT2D eigenvalue weighted by molar-refractivity contribution is 14.0. The van der Waals surface area contributed by atoms with Crippen LogP contribution in [0.15, 0.2) is 72.2 Å². The molecule has 1 N–H and O–H groups in total. The van der Waals surface area contributed by atoms with E-state index in [0.717, 1.165) is 45.2 Å². The predicted octanol–water partition coefficient (Wildman–Crippen LogP) is 4.65. The minimum Gasteiger partial charge on any atom is -0.381 e. The molecule has 176 valence electrons. The summed E-state index contributed by atoms with van der Waals surface area (Å²) < 4.78 is 7.62. The summed E-state index contributed by atoms with van der Waals surface area (Å²) in [5.74, 6) is 1.53. The fourth-order valence-corrected chi connectivity index (χ4v) is 4.15. The number of benzene rings is 2. The van der Waals surface area contributed by atoms with Crippen LogP contribution < -0.4 is 5.32 Å². The molecule has 1 unspecified atom stereocenters. The van der Waals surface area contributed by atoms with Crippen molar-refractivity contribution in [2.45, 2.75) is 26.4 Å². The summed E-state index contributed by atoms with van der Waals surface area (Å²) in [6.07, 6.45) is 6.77. The maximum absolute atomic E-state index is 5.54. The summed E-state index contributed by atoms with van der Waals surface area (Å²) in [6, 6.07) is 17.3. The third-order valence-corrected chi connectivity index (χ3v) is 5.86. The number of nitrogens with zero attached hydrogens (tertiary/aromatic N) is 4. The number of rotatable bonds is 8. The summed E-state index contributed by atoms with van der Waals surface area (Å²) in [4.78, 5) is 11.3. The van der Waals surface area contributed by atoms with Crippen molar-refractivity contribution in [2.24, 2.45) is 10.9 Å². The first-order chi connectivity index (χ1) is 15.7. The van der Waals surface area contributed by atoms with Crippen LogP contribution in [-0.2, 0) is 17.8 Å². The zero-order valence-electron chi connectivity index (χ0n) is 19.5. The molecule has 1 aliphatic heterocycles. The number of nitrogens with one attached hydrogen (secondary N) is 1. The van der Waals surface area contributed by atoms with Gasteiger partial charge in [0.05, 0.1) is 19.5 Å². The van der Waals surface area contributed by atoms with Gasteiger partial charge in [-0.15, -0.1) is 24.0 Å². The van der Waals surface area contributed by atoms with Crippen molar-refractivity contribution < 1.29 is 4.74 Å². The zero-order chi connectivity index (χ0) is 22.2. The molecule has 6 nitrogen and oxygen atoms in total. The Morgan fingerprint density at radius 3 is 2.73 bits per heavy atom. The van der Waals surface area contributed by atoms with Crippen molar-refractivity contribution in [3.05, 3.63) is 78.4 Å². The number of hydrogen-bond donors (Lipinski definition) is 1. The molecule has 7 heteroatoms. The maximum Gasteiger partial charge on any atom is 0.193 e. The van der Waals surface area contributed by atoms with Crippen molar-refractivity contribution in [3.8, 4) is 11.1 Å². The molecule has 4 rings (SSSR count). The minimum absolute atomic E-state index is 0. The van der Waals surface area contributed by atoms with Gasteiger partial charge in [-0.3, -0.25) is 0 Å². The highest BCUT2D eigenvalue weighted by atomic mass is 127. The third kappa shape index (κ3) is 7.04. The van der Waals surface area contributed by atoms with Gasteiger partial charge in [0, 0.05) is 51.6 Å². The number of guanidine groups is 1. The van der Waals surface area contributed by atoms with Gasteiger partial charge in [0.1, 0.15) is 0 Å². The first-order valence-electron chi connectivity index (χ1n) is 11.4. The summed E-state index contributed by atoms with van der Waals surface area (Å²) >= 11 is 0. The molecular weight excluding hydrogens is 525 g/mol. The van der Waals surface area contributed by atoms with E-state index in [1.807, 2.05) is 18.7 Å². The van der Waals surface area contributed by atoms with Crippen LogP contribution in [0.5, 0.6) is 0 Å². The summed E-state index contributed by atoms with van der Waals surface area (Å²) in [6.45, 7) is 7.12. The number of aromatic nitrogens is 2. The first kappa shape index (κ1) is 25.2. The van der Waals surface area contributed by atoms with E-state index < -0.39 is 0 Å². The predicted molar refractivity (Wildman–Crippen MR) is 145 cm³/mol. The molecule has 0 spiro atoms. The van der Waals surface area contributed by atoms with Crippen molar-refractivity contribution in [1.29, 1.82) is 0 Å². The van der Waals surface area contributed by atoms with E-state index in [0.29, 0.717) is 12.5 Å². The van der Waals surface area contributed by atoms with Gasteiger partial charge in [-0.05, 0) is 35.6 Å². The Balaban J connectivity index is 0.00000306. The lowest BCUT2D eigenvalue weighted by molar-refractivity contribution is 0.181. The van der Waals surface area contributed by atoms with Gasteiger partial charge in [0.2, 0.25) is 0 Å². The van der Waals surface area contributed by atoms with E-state index in [1.165, 1.54) is 22.3 Å². The van der Waals surface area contributed by atoms with E-state index in [1.54, 1.807) is 0 Å². The molecule has 0 radical (unpaired) electrons. The second-order valence-corrected chi connectivity index (χ2v) is 8.37. The maximum atomic E-state index is 5.54. The largest absolute Gasteiger partial charge is 0.381 e. The quantitative estimate of drug-likeness (QED) is 0.248. The lowest BCUT2D eigenvalue weighted by Gasteiger charge is -2.24. The molecule has 3 aromatic rings. The average Bonchev–Trinajstić information content (AvgIpc) is 3.52. The molecule has 33 heavy (non-hydrogen) atoms. The van der Waals surface area contributed by atoms with Gasteiger partial charge in [-0.1, -0.05) is 48.5 Å². The molecular formula is C26H34IN5O. The van der Waals surface area contributed by atoms with E-state index in [4.69, 9.17) is 9.73 Å². The monoisotopic (exact) mass is 559 g/mol. The van der Waals surface area contributed by atoms with Crippen LogP contribution >= 0.6 is 24.0 Å². The lowest BCUT2D eigenvalue weighted by Crippen LogP contribution is -2.41. The minimum atomic E-state index is 0. The number of hydrogen-bond acceptors (Lipinski definition) is 3. The van der Waals surface area contributed by atoms with Crippen LogP contribution in [0.3, 0.4) is 0 Å². The Morgan fingerprint density at radius 1 is 1.21 bits per heavy atom. The van der Waals surface area contributed by atoms with Gasteiger partial charge in [-0.2, -0.15) is 0 Å². The number of ether oxygens (including phenoxy) is 1. The molecule has 2 heterocycles. The van der Waals surface area contributed by atoms with Crippen molar-refractivity contribution in [2.75, 3.05) is 33.4 Å². The highest BCUT2D eigenvalue weighted by Gasteiger charge is 2.19. The number of aliphatic imine (C=N–C) groups is 1. The normalized spacial score (nSPS) is 15.8. The van der Waals surface area contributed by atoms with Crippen molar-refractivity contribution in [1.82, 2.24) is 19.8 Å². The van der Waals surface area contributed by atoms with E-state index in [9.17, 15) is 0 Å². The molecule has 1 aromatic heterocycles. The molecule has 0 aliphatic carbocycles. The van der Waals surface area contributed by atoms with Crippen LogP contribution in [0.4, 0.5) is 0 Å². The first-order valence-corrected chi connectivity index (χ1v) is 11.4. The summed E-state index contributed by atoms with van der Waals surface area (Å²) in [5, 5.41) is 3.44. The van der Waals surface area contributed by atoms with Crippen LogP contribution in [0, 0.1) is 5.92 Å². The Kier molecular flexibility index (Phi) is 9.75. The van der Waals surface area contributed by atoms with Crippen LogP contribution in [0.1, 0.15) is 24.5 Å². The fraction of sp³-hybridized carbons (Fsp3) is 0.385.